The van der Waals surface area contributed by atoms with E-state index in [1.54, 1.807) is 0 Å². The molecule has 0 aliphatic rings. The average molecular weight is 135 g/mol. The van der Waals surface area contributed by atoms with Gasteiger partial charge in [0.05, 0.1) is 0 Å². The molecule has 0 rings (SSSR count). The van der Waals surface area contributed by atoms with Crippen LogP contribution in [-0.4, -0.2) is 12.6 Å². The van der Waals surface area contributed by atoms with Gasteiger partial charge in [0.25, 0.3) is 0 Å². The fourth-order valence-corrected chi connectivity index (χ4v) is 0.884. The van der Waals surface area contributed by atoms with Gasteiger partial charge in [0, 0.05) is 6.04 Å². The minimum absolute atomic E-state index is 0. The molecule has 56 valence electrons. The van der Waals surface area contributed by atoms with Crippen LogP contribution in [0, 0.1) is 6.92 Å². The second-order valence-electron chi connectivity index (χ2n) is 2.32. The van der Waals surface area contributed by atoms with E-state index in [1.165, 1.54) is 12.8 Å². The van der Waals surface area contributed by atoms with Gasteiger partial charge in [-0.2, -0.15) is 6.42 Å². The fourth-order valence-electron chi connectivity index (χ4n) is 0.884. The first kappa shape index (κ1) is 13.2. The molecule has 0 heterocycles. The minimum atomic E-state index is 0. The van der Waals surface area contributed by atoms with Gasteiger partial charge in [0.1, 0.15) is 0 Å². The van der Waals surface area contributed by atoms with Crippen molar-refractivity contribution in [2.45, 2.75) is 39.2 Å². The van der Waals surface area contributed by atoms with Crippen LogP contribution in [0.25, 0.3) is 0 Å². The summed E-state index contributed by atoms with van der Waals surface area (Å²) in [7, 11) is 0. The fraction of sp³-hybridized carbons (Fsp3) is 0.875. The maximum atomic E-state index is 3.76. The Morgan fingerprint density at radius 3 is 2.10 bits per heavy atom. The van der Waals surface area contributed by atoms with Crippen molar-refractivity contribution in [3.05, 3.63) is 6.92 Å². The van der Waals surface area contributed by atoms with E-state index in [9.17, 15) is 0 Å². The van der Waals surface area contributed by atoms with Gasteiger partial charge in [-0.25, -0.2) is 0 Å². The van der Waals surface area contributed by atoms with Gasteiger partial charge >= 0.3 is 18.9 Å². The van der Waals surface area contributed by atoms with E-state index in [2.05, 4.69) is 26.1 Å². The minimum Gasteiger partial charge on any atom is -0.342 e. The van der Waals surface area contributed by atoms with Crippen LogP contribution in [0.2, 0.25) is 0 Å². The van der Waals surface area contributed by atoms with E-state index in [-0.39, 0.29) is 18.9 Å². The number of rotatable bonds is 5. The molecule has 1 nitrogen and oxygen atoms in total. The third-order valence-electron chi connectivity index (χ3n) is 1.60. The Morgan fingerprint density at radius 2 is 1.80 bits per heavy atom. The molecule has 0 saturated heterocycles. The quantitative estimate of drug-likeness (QED) is 0.376. The van der Waals surface area contributed by atoms with Gasteiger partial charge in [-0.1, -0.05) is 13.8 Å². The molecular weight excluding hydrogens is 117 g/mol. The van der Waals surface area contributed by atoms with E-state index < -0.39 is 0 Å². The first-order chi connectivity index (χ1) is 4.35. The summed E-state index contributed by atoms with van der Waals surface area (Å²) in [6, 6.07) is 0.715. The van der Waals surface area contributed by atoms with Crippen LogP contribution in [0.4, 0.5) is 0 Å². The van der Waals surface area contributed by atoms with Crippen LogP contribution < -0.4 is 24.2 Å². The first-order valence-corrected chi connectivity index (χ1v) is 3.87. The van der Waals surface area contributed by atoms with Crippen LogP contribution in [-0.2, 0) is 0 Å². The molecule has 0 aromatic carbocycles. The summed E-state index contributed by atoms with van der Waals surface area (Å²) in [6.07, 6.45) is 3.46. The van der Waals surface area contributed by atoms with Gasteiger partial charge in [-0.15, -0.1) is 0 Å². The third kappa shape index (κ3) is 6.67. The summed E-state index contributed by atoms with van der Waals surface area (Å²) < 4.78 is 0. The molecule has 0 amide bonds. The van der Waals surface area contributed by atoms with Crippen molar-refractivity contribution in [2.24, 2.45) is 0 Å². The summed E-state index contributed by atoms with van der Waals surface area (Å²) in [5.74, 6) is 0. The van der Waals surface area contributed by atoms with E-state index in [0.29, 0.717) is 6.04 Å². The summed E-state index contributed by atoms with van der Waals surface area (Å²) >= 11 is 0. The van der Waals surface area contributed by atoms with E-state index >= 15 is 0 Å². The Morgan fingerprint density at radius 1 is 1.30 bits per heavy atom. The Labute approximate surface area is 77.1 Å². The van der Waals surface area contributed by atoms with Gasteiger partial charge in [-0.05, 0) is 19.4 Å². The van der Waals surface area contributed by atoms with E-state index in [0.717, 1.165) is 13.0 Å². The van der Waals surface area contributed by atoms with Crippen LogP contribution in [0.3, 0.4) is 0 Å². The van der Waals surface area contributed by atoms with Crippen molar-refractivity contribution in [1.82, 2.24) is 5.32 Å². The Kier molecular flexibility index (Phi) is 12.6. The van der Waals surface area contributed by atoms with Crippen molar-refractivity contribution < 1.29 is 18.9 Å². The molecule has 0 radical (unpaired) electrons. The van der Waals surface area contributed by atoms with Gasteiger partial charge in [-0.3, -0.25) is 0 Å². The Bertz CT molecular complexity index is 53.2. The maximum Gasteiger partial charge on any atom is 1.00 e. The molecule has 0 aromatic rings. The second-order valence-corrected chi connectivity index (χ2v) is 2.32. The zero-order valence-corrected chi connectivity index (χ0v) is 7.61. The van der Waals surface area contributed by atoms with Crippen LogP contribution >= 0.6 is 0 Å². The molecule has 0 fully saturated rings. The first-order valence-electron chi connectivity index (χ1n) is 3.87. The largest absolute Gasteiger partial charge is 1.00 e. The summed E-state index contributed by atoms with van der Waals surface area (Å²) in [6.45, 7) is 9.25. The monoisotopic (exact) mass is 135 g/mol. The molecule has 10 heavy (non-hydrogen) atoms. The van der Waals surface area contributed by atoms with E-state index in [1.807, 2.05) is 0 Å². The zero-order valence-electron chi connectivity index (χ0n) is 7.61. The topological polar surface area (TPSA) is 12.0 Å². The van der Waals surface area contributed by atoms with Crippen molar-refractivity contribution in [1.29, 1.82) is 0 Å². The second kappa shape index (κ2) is 9.56. The molecular formula is C8H18LiN. The van der Waals surface area contributed by atoms with Gasteiger partial charge in [0.15, 0.2) is 0 Å². The van der Waals surface area contributed by atoms with Crippen molar-refractivity contribution in [3.63, 3.8) is 0 Å². The third-order valence-corrected chi connectivity index (χ3v) is 1.60. The number of hydrogen-bond acceptors (Lipinski definition) is 1. The molecule has 0 aromatic heterocycles. The van der Waals surface area contributed by atoms with Crippen LogP contribution in [0.15, 0.2) is 0 Å². The Hall–Kier alpha value is 0.557. The Balaban J connectivity index is 0. The van der Waals surface area contributed by atoms with Crippen LogP contribution in [0.1, 0.15) is 33.1 Å². The maximum absolute atomic E-state index is 3.76. The predicted octanol–water partition coefficient (Wildman–Crippen LogP) is -1.01. The normalized spacial score (nSPS) is 9.60. The van der Waals surface area contributed by atoms with Gasteiger partial charge in [0.2, 0.25) is 0 Å². The molecule has 0 saturated carbocycles. The summed E-state index contributed by atoms with van der Waals surface area (Å²) in [5, 5.41) is 3.41. The molecule has 0 bridgehead atoms. The van der Waals surface area contributed by atoms with Crippen molar-refractivity contribution in [3.8, 4) is 0 Å². The molecule has 2 heteroatoms. The molecule has 1 N–H and O–H groups in total. The van der Waals surface area contributed by atoms with Crippen molar-refractivity contribution in [2.75, 3.05) is 6.54 Å². The van der Waals surface area contributed by atoms with Crippen LogP contribution in [0.5, 0.6) is 0 Å². The standard InChI is InChI=1S/C8H18N.Li/c1-4-7-9-8(5-2)6-3;/h8-9H,1,4-7H2,2-3H3;/q-1;+1. The predicted molar refractivity (Wildman–Crippen MR) is 42.3 cm³/mol. The smallest absolute Gasteiger partial charge is 0.342 e. The summed E-state index contributed by atoms with van der Waals surface area (Å²) in [4.78, 5) is 0. The SMILES string of the molecule is [CH2-]CCNC(CC)CC.[Li+]. The van der Waals surface area contributed by atoms with Gasteiger partial charge < -0.3 is 12.2 Å². The molecule has 0 aliphatic carbocycles. The van der Waals surface area contributed by atoms with Crippen molar-refractivity contribution >= 4 is 0 Å². The zero-order chi connectivity index (χ0) is 7.11. The molecule has 0 atom stereocenters. The molecule has 0 unspecified atom stereocenters. The average Bonchev–Trinajstić information content (AvgIpc) is 1.91. The molecule has 0 spiro atoms. The summed E-state index contributed by atoms with van der Waals surface area (Å²) in [5.41, 5.74) is 0. The van der Waals surface area contributed by atoms with E-state index in [4.69, 9.17) is 0 Å². The number of hydrogen-bond donors (Lipinski definition) is 1. The number of nitrogens with one attached hydrogen (secondary N) is 1. The molecule has 0 aliphatic heterocycles.